The summed E-state index contributed by atoms with van der Waals surface area (Å²) in [5.74, 6) is 0.914. The van der Waals surface area contributed by atoms with Crippen LogP contribution < -0.4 is 14.8 Å². The van der Waals surface area contributed by atoms with Gasteiger partial charge in [0.1, 0.15) is 27.6 Å². The quantitative estimate of drug-likeness (QED) is 0.626. The standard InChI is InChI=1S/C14H11BrN4O4/c1-22-10-5-9(6-11(23-2)12(10)15)18-14-13(19(20)21)8(7-16)3-4-17-14/h3-6H,1-2H3,(H,17,18). The highest BCUT2D eigenvalue weighted by Gasteiger charge is 2.22. The third-order valence-corrected chi connectivity index (χ3v) is 3.72. The van der Waals surface area contributed by atoms with Crippen molar-refractivity contribution in [2.45, 2.75) is 0 Å². The van der Waals surface area contributed by atoms with Gasteiger partial charge in [0.05, 0.1) is 19.1 Å². The number of halogens is 1. The number of pyridine rings is 1. The van der Waals surface area contributed by atoms with Crippen molar-refractivity contribution in [3.05, 3.63) is 44.5 Å². The summed E-state index contributed by atoms with van der Waals surface area (Å²) < 4.78 is 11.0. The number of rotatable bonds is 5. The monoisotopic (exact) mass is 378 g/mol. The normalized spacial score (nSPS) is 9.83. The molecule has 0 spiro atoms. The molecule has 1 aromatic carbocycles. The smallest absolute Gasteiger partial charge is 0.329 e. The summed E-state index contributed by atoms with van der Waals surface area (Å²) in [4.78, 5) is 14.5. The molecule has 0 aliphatic rings. The van der Waals surface area contributed by atoms with E-state index in [1.54, 1.807) is 18.2 Å². The van der Waals surface area contributed by atoms with E-state index < -0.39 is 10.6 Å². The van der Waals surface area contributed by atoms with E-state index in [1.165, 1.54) is 26.5 Å². The fourth-order valence-electron chi connectivity index (χ4n) is 1.90. The molecule has 9 heteroatoms. The van der Waals surface area contributed by atoms with E-state index in [0.717, 1.165) is 0 Å². The number of nitriles is 1. The number of methoxy groups -OCH3 is 2. The van der Waals surface area contributed by atoms with Crippen LogP contribution in [0.2, 0.25) is 0 Å². The van der Waals surface area contributed by atoms with Crippen molar-refractivity contribution in [1.29, 1.82) is 5.26 Å². The summed E-state index contributed by atoms with van der Waals surface area (Å²) in [7, 11) is 2.97. The van der Waals surface area contributed by atoms with E-state index in [0.29, 0.717) is 21.7 Å². The topological polar surface area (TPSA) is 110 Å². The van der Waals surface area contributed by atoms with Gasteiger partial charge in [0.15, 0.2) is 0 Å². The van der Waals surface area contributed by atoms with Crippen LogP contribution >= 0.6 is 15.9 Å². The molecule has 0 aliphatic heterocycles. The molecule has 1 aromatic heterocycles. The highest BCUT2D eigenvalue weighted by molar-refractivity contribution is 9.10. The first kappa shape index (κ1) is 16.5. The maximum absolute atomic E-state index is 11.2. The van der Waals surface area contributed by atoms with Gasteiger partial charge in [-0.05, 0) is 22.0 Å². The van der Waals surface area contributed by atoms with Crippen LogP contribution in [0.1, 0.15) is 5.56 Å². The lowest BCUT2D eigenvalue weighted by molar-refractivity contribution is -0.384. The van der Waals surface area contributed by atoms with Gasteiger partial charge in [-0.1, -0.05) is 0 Å². The van der Waals surface area contributed by atoms with Gasteiger partial charge in [-0.25, -0.2) is 4.98 Å². The molecule has 0 unspecified atom stereocenters. The first-order valence-corrected chi connectivity index (χ1v) is 7.03. The van der Waals surface area contributed by atoms with Crippen LogP contribution in [0.5, 0.6) is 11.5 Å². The summed E-state index contributed by atoms with van der Waals surface area (Å²) in [5.41, 5.74) is -0.00742. The van der Waals surface area contributed by atoms with Gasteiger partial charge in [-0.3, -0.25) is 10.1 Å². The van der Waals surface area contributed by atoms with E-state index in [1.807, 2.05) is 0 Å². The number of ether oxygens (including phenoxy) is 2. The molecule has 0 fully saturated rings. The molecule has 0 aliphatic carbocycles. The number of benzene rings is 1. The van der Waals surface area contributed by atoms with Gasteiger partial charge in [-0.15, -0.1) is 0 Å². The van der Waals surface area contributed by atoms with Gasteiger partial charge in [0.2, 0.25) is 5.82 Å². The van der Waals surface area contributed by atoms with E-state index in [4.69, 9.17) is 14.7 Å². The maximum Gasteiger partial charge on any atom is 0.329 e. The zero-order valence-electron chi connectivity index (χ0n) is 12.2. The Labute approximate surface area is 139 Å². The summed E-state index contributed by atoms with van der Waals surface area (Å²) >= 11 is 3.34. The van der Waals surface area contributed by atoms with E-state index >= 15 is 0 Å². The van der Waals surface area contributed by atoms with Gasteiger partial charge < -0.3 is 14.8 Å². The minimum atomic E-state index is -0.652. The second kappa shape index (κ2) is 6.93. The van der Waals surface area contributed by atoms with Crippen LogP contribution in [0.15, 0.2) is 28.9 Å². The lowest BCUT2D eigenvalue weighted by atomic mass is 10.2. The molecular weight excluding hydrogens is 368 g/mol. The SMILES string of the molecule is COc1cc(Nc2nccc(C#N)c2[N+](=O)[O-])cc(OC)c1Br. The molecule has 0 atom stereocenters. The predicted molar refractivity (Wildman–Crippen MR) is 86.1 cm³/mol. The van der Waals surface area contributed by atoms with Crippen molar-refractivity contribution in [2.24, 2.45) is 0 Å². The summed E-state index contributed by atoms with van der Waals surface area (Å²) in [6.45, 7) is 0. The minimum Gasteiger partial charge on any atom is -0.495 e. The van der Waals surface area contributed by atoms with Crippen molar-refractivity contribution in [2.75, 3.05) is 19.5 Å². The first-order chi connectivity index (χ1) is 11.0. The Kier molecular flexibility index (Phi) is 4.98. The lowest BCUT2D eigenvalue weighted by Gasteiger charge is -2.12. The van der Waals surface area contributed by atoms with Crippen molar-refractivity contribution in [3.63, 3.8) is 0 Å². The Morgan fingerprint density at radius 1 is 1.35 bits per heavy atom. The zero-order valence-corrected chi connectivity index (χ0v) is 13.7. The van der Waals surface area contributed by atoms with E-state index in [2.05, 4.69) is 26.2 Å². The third kappa shape index (κ3) is 3.32. The van der Waals surface area contributed by atoms with Gasteiger partial charge in [0.25, 0.3) is 0 Å². The van der Waals surface area contributed by atoms with Crippen LogP contribution in [0.4, 0.5) is 17.2 Å². The fourth-order valence-corrected chi connectivity index (χ4v) is 2.45. The molecule has 0 amide bonds. The molecule has 0 saturated carbocycles. The number of anilines is 2. The number of nitrogens with zero attached hydrogens (tertiary/aromatic N) is 3. The Bertz CT molecular complexity index is 779. The van der Waals surface area contributed by atoms with Crippen molar-refractivity contribution < 1.29 is 14.4 Å². The number of aromatic nitrogens is 1. The second-order valence-corrected chi connectivity index (χ2v) is 5.04. The second-order valence-electron chi connectivity index (χ2n) is 4.24. The zero-order chi connectivity index (χ0) is 17.0. The van der Waals surface area contributed by atoms with E-state index in [9.17, 15) is 10.1 Å². The van der Waals surface area contributed by atoms with Crippen LogP contribution in [0.25, 0.3) is 0 Å². The molecule has 1 N–H and O–H groups in total. The fraction of sp³-hybridized carbons (Fsp3) is 0.143. The number of nitrogens with one attached hydrogen (secondary N) is 1. The highest BCUT2D eigenvalue weighted by atomic mass is 79.9. The van der Waals surface area contributed by atoms with Crippen LogP contribution in [-0.2, 0) is 0 Å². The molecule has 23 heavy (non-hydrogen) atoms. The maximum atomic E-state index is 11.2. The molecule has 0 radical (unpaired) electrons. The van der Waals surface area contributed by atoms with Crippen LogP contribution in [0, 0.1) is 21.4 Å². The Hall–Kier alpha value is -2.86. The van der Waals surface area contributed by atoms with Crippen molar-refractivity contribution >= 4 is 33.1 Å². The van der Waals surface area contributed by atoms with Gasteiger partial charge >= 0.3 is 5.69 Å². The summed E-state index contributed by atoms with van der Waals surface area (Å²) in [6, 6.07) is 6.31. The molecule has 1 heterocycles. The lowest BCUT2D eigenvalue weighted by Crippen LogP contribution is -2.02. The van der Waals surface area contributed by atoms with Gasteiger partial charge in [-0.2, -0.15) is 5.26 Å². The molecule has 2 rings (SSSR count). The average molecular weight is 379 g/mol. The van der Waals surface area contributed by atoms with Crippen molar-refractivity contribution in [3.8, 4) is 17.6 Å². The van der Waals surface area contributed by atoms with Crippen LogP contribution in [0.3, 0.4) is 0 Å². The molecule has 0 bridgehead atoms. The molecular formula is C14H11BrN4O4. The molecule has 8 nitrogen and oxygen atoms in total. The van der Waals surface area contributed by atoms with Gasteiger partial charge in [0, 0.05) is 24.0 Å². The summed E-state index contributed by atoms with van der Waals surface area (Å²) in [5, 5.41) is 23.0. The third-order valence-electron chi connectivity index (χ3n) is 2.94. The van der Waals surface area contributed by atoms with Crippen LogP contribution in [-0.4, -0.2) is 24.1 Å². The van der Waals surface area contributed by atoms with Crippen molar-refractivity contribution in [1.82, 2.24) is 4.98 Å². The molecule has 118 valence electrons. The average Bonchev–Trinajstić information content (AvgIpc) is 2.55. The first-order valence-electron chi connectivity index (χ1n) is 6.23. The highest BCUT2D eigenvalue weighted by Crippen LogP contribution is 2.39. The Balaban J connectivity index is 2.52. The number of hydrogen-bond acceptors (Lipinski definition) is 7. The Morgan fingerprint density at radius 2 is 1.96 bits per heavy atom. The molecule has 2 aromatic rings. The number of nitro groups is 1. The Morgan fingerprint density at radius 3 is 2.43 bits per heavy atom. The minimum absolute atomic E-state index is 0.0412. The largest absolute Gasteiger partial charge is 0.495 e. The predicted octanol–water partition coefficient (Wildman–Crippen LogP) is 3.38. The van der Waals surface area contributed by atoms with E-state index in [-0.39, 0.29) is 11.4 Å². The molecule has 0 saturated heterocycles. The summed E-state index contributed by atoms with van der Waals surface area (Å²) in [6.07, 6.45) is 1.32. The number of hydrogen-bond donors (Lipinski definition) is 1.